The minimum absolute atomic E-state index is 0.273. The highest BCUT2D eigenvalue weighted by molar-refractivity contribution is 5.89. The summed E-state index contributed by atoms with van der Waals surface area (Å²) in [6, 6.07) is 16.9. The summed E-state index contributed by atoms with van der Waals surface area (Å²) in [7, 11) is 0. The van der Waals surface area contributed by atoms with Gasteiger partial charge in [0.25, 0.3) is 5.91 Å². The van der Waals surface area contributed by atoms with E-state index in [0.717, 1.165) is 5.56 Å². The number of fused-ring (bicyclic) bond motifs is 1. The van der Waals surface area contributed by atoms with Crippen molar-refractivity contribution in [3.8, 4) is 11.8 Å². The van der Waals surface area contributed by atoms with Crippen LogP contribution < -0.4 is 5.32 Å². The Bertz CT molecular complexity index is 1030. The molecule has 0 fully saturated rings. The van der Waals surface area contributed by atoms with Gasteiger partial charge in [-0.1, -0.05) is 41.5 Å². The van der Waals surface area contributed by atoms with Crippen molar-refractivity contribution in [1.29, 1.82) is 0 Å². The van der Waals surface area contributed by atoms with Crippen molar-refractivity contribution >= 4 is 16.9 Å². The van der Waals surface area contributed by atoms with Gasteiger partial charge in [0, 0.05) is 17.7 Å². The third kappa shape index (κ3) is 4.05. The molecule has 1 amide bonds. The molecular formula is C22H24N4O2. The molecule has 0 aliphatic carbocycles. The number of para-hydroxylation sites is 1. The molecule has 0 aliphatic heterocycles. The van der Waals surface area contributed by atoms with Crippen LogP contribution in [0.3, 0.4) is 0 Å². The Kier molecular flexibility index (Phi) is 5.48. The van der Waals surface area contributed by atoms with Crippen molar-refractivity contribution in [1.82, 2.24) is 20.3 Å². The van der Waals surface area contributed by atoms with Gasteiger partial charge in [0.15, 0.2) is 0 Å². The fourth-order valence-electron chi connectivity index (χ4n) is 2.78. The van der Waals surface area contributed by atoms with Crippen LogP contribution in [0.15, 0.2) is 54.6 Å². The van der Waals surface area contributed by atoms with Gasteiger partial charge in [0.2, 0.25) is 0 Å². The van der Waals surface area contributed by atoms with Gasteiger partial charge in [-0.05, 0) is 57.9 Å². The lowest BCUT2D eigenvalue weighted by atomic mass is 10.1. The first kappa shape index (κ1) is 19.6. The standard InChI is InChI=1S/C22H24N4O2/c1-5-28-22(20(27)23-21(2,3)4,16-15-17-11-7-6-8-12-17)26-19-14-10-9-13-18(19)24-25-26/h6-14H,5H2,1-4H3,(H,23,27). The van der Waals surface area contributed by atoms with Gasteiger partial charge in [-0.2, -0.15) is 4.68 Å². The van der Waals surface area contributed by atoms with Gasteiger partial charge in [-0.25, -0.2) is 0 Å². The summed E-state index contributed by atoms with van der Waals surface area (Å²) < 4.78 is 7.45. The summed E-state index contributed by atoms with van der Waals surface area (Å²) in [6.45, 7) is 7.82. The molecule has 3 aromatic rings. The molecule has 3 rings (SSSR count). The normalized spacial score (nSPS) is 13.4. The molecule has 1 unspecified atom stereocenters. The fourth-order valence-corrected chi connectivity index (χ4v) is 2.78. The molecule has 1 atom stereocenters. The zero-order valence-corrected chi connectivity index (χ0v) is 16.6. The highest BCUT2D eigenvalue weighted by atomic mass is 16.5. The number of hydrogen-bond acceptors (Lipinski definition) is 4. The molecule has 0 saturated heterocycles. The first-order valence-electron chi connectivity index (χ1n) is 9.21. The van der Waals surface area contributed by atoms with Gasteiger partial charge in [-0.3, -0.25) is 4.79 Å². The van der Waals surface area contributed by atoms with E-state index in [2.05, 4.69) is 27.5 Å². The number of carbonyl (C=O) groups is 1. The van der Waals surface area contributed by atoms with Crippen LogP contribution in [0, 0.1) is 11.8 Å². The molecule has 0 radical (unpaired) electrons. The lowest BCUT2D eigenvalue weighted by Crippen LogP contribution is -2.55. The first-order valence-corrected chi connectivity index (χ1v) is 9.21. The van der Waals surface area contributed by atoms with Gasteiger partial charge >= 0.3 is 5.72 Å². The Morgan fingerprint density at radius 2 is 1.79 bits per heavy atom. The number of hydrogen-bond donors (Lipinski definition) is 1. The van der Waals surface area contributed by atoms with Gasteiger partial charge in [0.05, 0.1) is 5.52 Å². The maximum absolute atomic E-state index is 13.4. The zero-order valence-electron chi connectivity index (χ0n) is 16.6. The van der Waals surface area contributed by atoms with Crippen LogP contribution in [0.25, 0.3) is 11.0 Å². The highest BCUT2D eigenvalue weighted by Gasteiger charge is 2.44. The molecular weight excluding hydrogens is 352 g/mol. The summed E-state index contributed by atoms with van der Waals surface area (Å²) in [5.41, 5.74) is -0.00308. The largest absolute Gasteiger partial charge is 0.346 e. The average Bonchev–Trinajstić information content (AvgIpc) is 3.09. The molecule has 2 aromatic carbocycles. The molecule has 28 heavy (non-hydrogen) atoms. The number of carbonyl (C=O) groups excluding carboxylic acids is 1. The first-order chi connectivity index (χ1) is 13.4. The van der Waals surface area contributed by atoms with E-state index in [1.54, 1.807) is 0 Å². The van der Waals surface area contributed by atoms with Crippen LogP contribution in [0.1, 0.15) is 33.3 Å². The topological polar surface area (TPSA) is 69.0 Å². The number of aromatic nitrogens is 3. The average molecular weight is 376 g/mol. The van der Waals surface area contributed by atoms with Crippen LogP contribution in [0.2, 0.25) is 0 Å². The fraction of sp³-hybridized carbons (Fsp3) is 0.318. The van der Waals surface area contributed by atoms with Gasteiger partial charge in [-0.15, -0.1) is 5.10 Å². The summed E-state index contributed by atoms with van der Waals surface area (Å²) in [6.07, 6.45) is 0. The second-order valence-electron chi connectivity index (χ2n) is 7.39. The quantitative estimate of drug-likeness (QED) is 0.711. The van der Waals surface area contributed by atoms with Crippen LogP contribution in [-0.4, -0.2) is 33.0 Å². The van der Waals surface area contributed by atoms with E-state index in [0.29, 0.717) is 11.0 Å². The van der Waals surface area contributed by atoms with E-state index in [1.165, 1.54) is 4.68 Å². The number of amides is 1. The maximum atomic E-state index is 13.4. The molecule has 0 spiro atoms. The molecule has 1 heterocycles. The number of benzene rings is 2. The van der Waals surface area contributed by atoms with Crippen LogP contribution in [0.4, 0.5) is 0 Å². The molecule has 6 heteroatoms. The van der Waals surface area contributed by atoms with Gasteiger partial charge in [0.1, 0.15) is 5.52 Å². The van der Waals surface area contributed by atoms with E-state index in [4.69, 9.17) is 4.74 Å². The monoisotopic (exact) mass is 376 g/mol. The van der Waals surface area contributed by atoms with Crippen LogP contribution in [-0.2, 0) is 15.3 Å². The molecule has 0 saturated carbocycles. The highest BCUT2D eigenvalue weighted by Crippen LogP contribution is 2.24. The SMILES string of the molecule is CCOC(C#Cc1ccccc1)(C(=O)NC(C)(C)C)n1nnc2ccccc21. The van der Waals surface area contributed by atoms with E-state index < -0.39 is 11.3 Å². The molecule has 1 N–H and O–H groups in total. The third-order valence-electron chi connectivity index (χ3n) is 3.95. The third-order valence-corrected chi connectivity index (χ3v) is 3.95. The van der Waals surface area contributed by atoms with E-state index >= 15 is 0 Å². The lowest BCUT2D eigenvalue weighted by Gasteiger charge is -2.31. The Morgan fingerprint density at radius 3 is 2.46 bits per heavy atom. The van der Waals surface area contributed by atoms with Crippen molar-refractivity contribution in [2.75, 3.05) is 6.61 Å². The van der Waals surface area contributed by atoms with E-state index in [1.807, 2.05) is 82.3 Å². The Hall–Kier alpha value is -3.17. The summed E-state index contributed by atoms with van der Waals surface area (Å²) in [4.78, 5) is 13.4. The predicted octanol–water partition coefficient (Wildman–Crippen LogP) is 3.09. The zero-order chi connectivity index (χ0) is 20.2. The minimum atomic E-state index is -1.64. The number of ether oxygens (including phenoxy) is 1. The molecule has 0 bridgehead atoms. The number of nitrogens with zero attached hydrogens (tertiary/aromatic N) is 3. The molecule has 144 valence electrons. The summed E-state index contributed by atoms with van der Waals surface area (Å²) in [5, 5.41) is 11.4. The number of rotatable bonds is 4. The van der Waals surface area contributed by atoms with Crippen LogP contribution >= 0.6 is 0 Å². The minimum Gasteiger partial charge on any atom is -0.346 e. The molecule has 0 aliphatic rings. The molecule has 1 aromatic heterocycles. The van der Waals surface area contributed by atoms with Crippen molar-refractivity contribution < 1.29 is 9.53 Å². The molecule has 6 nitrogen and oxygen atoms in total. The smallest absolute Gasteiger partial charge is 0.307 e. The van der Waals surface area contributed by atoms with E-state index in [-0.39, 0.29) is 12.5 Å². The number of nitrogens with one attached hydrogen (secondary N) is 1. The predicted molar refractivity (Wildman–Crippen MR) is 108 cm³/mol. The second kappa shape index (κ2) is 7.83. The van der Waals surface area contributed by atoms with Crippen molar-refractivity contribution in [2.24, 2.45) is 0 Å². The Balaban J connectivity index is 2.21. The second-order valence-corrected chi connectivity index (χ2v) is 7.39. The Morgan fingerprint density at radius 1 is 1.11 bits per heavy atom. The summed E-state index contributed by atoms with van der Waals surface area (Å²) in [5.74, 6) is 5.72. The van der Waals surface area contributed by atoms with Crippen LogP contribution in [0.5, 0.6) is 0 Å². The van der Waals surface area contributed by atoms with Crippen molar-refractivity contribution in [3.05, 3.63) is 60.2 Å². The summed E-state index contributed by atoms with van der Waals surface area (Å²) >= 11 is 0. The Labute approximate surface area is 164 Å². The maximum Gasteiger partial charge on any atom is 0.307 e. The van der Waals surface area contributed by atoms with Gasteiger partial charge < -0.3 is 10.1 Å². The van der Waals surface area contributed by atoms with E-state index in [9.17, 15) is 4.79 Å². The lowest BCUT2D eigenvalue weighted by molar-refractivity contribution is -0.153. The van der Waals surface area contributed by atoms with Crippen molar-refractivity contribution in [3.63, 3.8) is 0 Å². The van der Waals surface area contributed by atoms with Crippen molar-refractivity contribution in [2.45, 2.75) is 39.0 Å².